The molecule has 0 aliphatic carbocycles. The largest absolute Gasteiger partial charge is 0.348 e. The molecule has 2 heterocycles. The lowest BCUT2D eigenvalue weighted by molar-refractivity contribution is 0.0951. The highest BCUT2D eigenvalue weighted by Crippen LogP contribution is 2.24. The Bertz CT molecular complexity index is 1120. The van der Waals surface area contributed by atoms with E-state index in [4.69, 9.17) is 11.6 Å². The van der Waals surface area contributed by atoms with Gasteiger partial charge in [-0.15, -0.1) is 0 Å². The number of nitrogens with zero attached hydrogens (tertiary/aromatic N) is 2. The Morgan fingerprint density at radius 3 is 2.61 bits per heavy atom. The minimum absolute atomic E-state index is 0.170. The lowest BCUT2D eigenvalue weighted by atomic mass is 10.2. The predicted octanol–water partition coefficient (Wildman–Crippen LogP) is 4.96. The van der Waals surface area contributed by atoms with E-state index in [1.54, 1.807) is 36.7 Å². The number of para-hydroxylation sites is 1. The predicted molar refractivity (Wildman–Crippen MR) is 112 cm³/mol. The number of hydrogen-bond acceptors (Lipinski definition) is 4. The first-order valence-electron chi connectivity index (χ1n) is 8.78. The van der Waals surface area contributed by atoms with Crippen LogP contribution in [0.5, 0.6) is 0 Å². The Balaban J connectivity index is 1.49. The first kappa shape index (κ1) is 17.9. The summed E-state index contributed by atoms with van der Waals surface area (Å²) in [6.07, 6.45) is 3.36. The van der Waals surface area contributed by atoms with Crippen LogP contribution in [-0.4, -0.2) is 15.9 Å². The molecule has 0 aliphatic rings. The van der Waals surface area contributed by atoms with Crippen LogP contribution in [0.15, 0.2) is 79.1 Å². The zero-order valence-corrected chi connectivity index (χ0v) is 15.6. The molecule has 4 rings (SSSR count). The van der Waals surface area contributed by atoms with Crippen molar-refractivity contribution in [3.8, 4) is 0 Å². The van der Waals surface area contributed by atoms with Crippen LogP contribution >= 0.6 is 11.6 Å². The first-order chi connectivity index (χ1) is 13.7. The highest BCUT2D eigenvalue weighted by Gasteiger charge is 2.08. The normalized spacial score (nSPS) is 10.6. The standard InChI is InChI=1S/C22H17ClN4O/c23-18-8-6-15(7-9-18)14-26-22(28)17-10-12-24-20(13-17)27-19-5-1-3-16-4-2-11-25-21(16)19/h1-13H,14H2,(H,24,27)(H,26,28). The van der Waals surface area contributed by atoms with Crippen LogP contribution in [0.3, 0.4) is 0 Å². The van der Waals surface area contributed by atoms with Gasteiger partial charge in [0.15, 0.2) is 0 Å². The molecule has 0 fully saturated rings. The van der Waals surface area contributed by atoms with Crippen molar-refractivity contribution < 1.29 is 4.79 Å². The third kappa shape index (κ3) is 4.10. The van der Waals surface area contributed by atoms with E-state index >= 15 is 0 Å². The van der Waals surface area contributed by atoms with E-state index in [0.29, 0.717) is 22.9 Å². The molecule has 0 unspecified atom stereocenters. The zero-order chi connectivity index (χ0) is 19.3. The second-order valence-electron chi connectivity index (χ2n) is 6.24. The topological polar surface area (TPSA) is 66.9 Å². The van der Waals surface area contributed by atoms with Crippen molar-refractivity contribution in [1.29, 1.82) is 0 Å². The van der Waals surface area contributed by atoms with Gasteiger partial charge in [-0.3, -0.25) is 9.78 Å². The summed E-state index contributed by atoms with van der Waals surface area (Å²) >= 11 is 5.88. The van der Waals surface area contributed by atoms with Gasteiger partial charge in [0, 0.05) is 34.9 Å². The molecule has 0 aliphatic heterocycles. The van der Waals surface area contributed by atoms with Gasteiger partial charge in [-0.2, -0.15) is 0 Å². The molecule has 0 bridgehead atoms. The van der Waals surface area contributed by atoms with Gasteiger partial charge < -0.3 is 10.6 Å². The molecule has 0 saturated carbocycles. The summed E-state index contributed by atoms with van der Waals surface area (Å²) in [6.45, 7) is 0.425. The lowest BCUT2D eigenvalue weighted by Gasteiger charge is -2.10. The highest BCUT2D eigenvalue weighted by atomic mass is 35.5. The van der Waals surface area contributed by atoms with Gasteiger partial charge in [-0.05, 0) is 42.0 Å². The van der Waals surface area contributed by atoms with Crippen molar-refractivity contribution in [1.82, 2.24) is 15.3 Å². The number of rotatable bonds is 5. The third-order valence-corrected chi connectivity index (χ3v) is 4.54. The van der Waals surface area contributed by atoms with Gasteiger partial charge in [-0.25, -0.2) is 4.98 Å². The number of amides is 1. The number of carbonyl (C=O) groups is 1. The highest BCUT2D eigenvalue weighted by molar-refractivity contribution is 6.30. The molecule has 2 aromatic carbocycles. The van der Waals surface area contributed by atoms with Crippen molar-refractivity contribution in [3.05, 3.63) is 95.3 Å². The smallest absolute Gasteiger partial charge is 0.251 e. The van der Waals surface area contributed by atoms with Crippen LogP contribution in [0, 0.1) is 0 Å². The first-order valence-corrected chi connectivity index (χ1v) is 9.16. The maximum absolute atomic E-state index is 12.5. The van der Waals surface area contributed by atoms with E-state index in [0.717, 1.165) is 22.2 Å². The average molecular weight is 389 g/mol. The maximum atomic E-state index is 12.5. The molecule has 2 N–H and O–H groups in total. The Morgan fingerprint density at radius 1 is 0.929 bits per heavy atom. The van der Waals surface area contributed by atoms with Crippen molar-refractivity contribution >= 4 is 39.9 Å². The Morgan fingerprint density at radius 2 is 1.75 bits per heavy atom. The van der Waals surface area contributed by atoms with Crippen LogP contribution < -0.4 is 10.6 Å². The maximum Gasteiger partial charge on any atom is 0.251 e. The molecule has 0 saturated heterocycles. The zero-order valence-electron chi connectivity index (χ0n) is 14.9. The minimum Gasteiger partial charge on any atom is -0.348 e. The lowest BCUT2D eigenvalue weighted by Crippen LogP contribution is -2.22. The molecule has 2 aromatic heterocycles. The third-order valence-electron chi connectivity index (χ3n) is 4.28. The van der Waals surface area contributed by atoms with Crippen LogP contribution in [0.25, 0.3) is 10.9 Å². The Hall–Kier alpha value is -3.44. The molecule has 138 valence electrons. The number of aromatic nitrogens is 2. The van der Waals surface area contributed by atoms with Crippen molar-refractivity contribution in [3.63, 3.8) is 0 Å². The average Bonchev–Trinajstić information content (AvgIpc) is 2.74. The number of halogens is 1. The molecule has 1 amide bonds. The van der Waals surface area contributed by atoms with Crippen molar-refractivity contribution in [2.45, 2.75) is 6.54 Å². The molecule has 0 spiro atoms. The summed E-state index contributed by atoms with van der Waals surface area (Å²) in [7, 11) is 0. The number of anilines is 2. The number of pyridine rings is 2. The molecule has 28 heavy (non-hydrogen) atoms. The van der Waals surface area contributed by atoms with Gasteiger partial charge >= 0.3 is 0 Å². The summed E-state index contributed by atoms with van der Waals surface area (Å²) in [5.74, 6) is 0.411. The van der Waals surface area contributed by atoms with Crippen LogP contribution in [0.2, 0.25) is 5.02 Å². The van der Waals surface area contributed by atoms with Gasteiger partial charge in [0.25, 0.3) is 5.91 Å². The van der Waals surface area contributed by atoms with E-state index in [9.17, 15) is 4.79 Å². The second-order valence-corrected chi connectivity index (χ2v) is 6.68. The number of benzene rings is 2. The SMILES string of the molecule is O=C(NCc1ccc(Cl)cc1)c1ccnc(Nc2cccc3cccnc23)c1. The molecule has 4 aromatic rings. The van der Waals surface area contributed by atoms with Crippen molar-refractivity contribution in [2.24, 2.45) is 0 Å². The van der Waals surface area contributed by atoms with E-state index in [-0.39, 0.29) is 5.91 Å². The van der Waals surface area contributed by atoms with E-state index in [1.807, 2.05) is 42.5 Å². The Kier molecular flexibility index (Phi) is 5.17. The number of nitrogens with one attached hydrogen (secondary N) is 2. The molecule has 5 nitrogen and oxygen atoms in total. The second kappa shape index (κ2) is 8.06. The number of carbonyl (C=O) groups excluding carboxylic acids is 1. The summed E-state index contributed by atoms with van der Waals surface area (Å²) < 4.78 is 0. The summed E-state index contributed by atoms with van der Waals surface area (Å²) in [5, 5.41) is 7.86. The molecule has 0 atom stereocenters. The van der Waals surface area contributed by atoms with Gasteiger partial charge in [0.05, 0.1) is 11.2 Å². The van der Waals surface area contributed by atoms with Crippen LogP contribution in [0.4, 0.5) is 11.5 Å². The monoisotopic (exact) mass is 388 g/mol. The fraction of sp³-hybridized carbons (Fsp3) is 0.0455. The van der Waals surface area contributed by atoms with Crippen LogP contribution in [0.1, 0.15) is 15.9 Å². The summed E-state index contributed by atoms with van der Waals surface area (Å²) in [6, 6.07) is 20.6. The quantitative estimate of drug-likeness (QED) is 0.507. The van der Waals surface area contributed by atoms with Gasteiger partial charge in [-0.1, -0.05) is 41.9 Å². The van der Waals surface area contributed by atoms with Crippen LogP contribution in [-0.2, 0) is 6.54 Å². The number of hydrogen-bond donors (Lipinski definition) is 2. The van der Waals surface area contributed by atoms with E-state index in [1.165, 1.54) is 0 Å². The Labute approximate surface area is 167 Å². The van der Waals surface area contributed by atoms with E-state index in [2.05, 4.69) is 20.6 Å². The van der Waals surface area contributed by atoms with Gasteiger partial charge in [0.2, 0.25) is 0 Å². The molecular weight excluding hydrogens is 372 g/mol. The fourth-order valence-corrected chi connectivity index (χ4v) is 3.00. The number of fused-ring (bicyclic) bond motifs is 1. The molecule has 0 radical (unpaired) electrons. The minimum atomic E-state index is -0.170. The van der Waals surface area contributed by atoms with E-state index < -0.39 is 0 Å². The fourth-order valence-electron chi connectivity index (χ4n) is 2.87. The van der Waals surface area contributed by atoms with Gasteiger partial charge in [0.1, 0.15) is 5.82 Å². The molecular formula is C22H17ClN4O. The summed E-state index contributed by atoms with van der Waals surface area (Å²) in [5.41, 5.74) is 3.19. The van der Waals surface area contributed by atoms with Crippen molar-refractivity contribution in [2.75, 3.05) is 5.32 Å². The summed E-state index contributed by atoms with van der Waals surface area (Å²) in [4.78, 5) is 21.2. The molecule has 6 heteroatoms.